The summed E-state index contributed by atoms with van der Waals surface area (Å²) in [5, 5.41) is 0. The van der Waals surface area contributed by atoms with Crippen LogP contribution in [0.4, 0.5) is 5.82 Å². The van der Waals surface area contributed by atoms with Crippen LogP contribution in [0.1, 0.15) is 32.6 Å². The van der Waals surface area contributed by atoms with Crippen LogP contribution in [-0.4, -0.2) is 43.4 Å². The van der Waals surface area contributed by atoms with Crippen LogP contribution in [0, 0.1) is 18.8 Å². The zero-order chi connectivity index (χ0) is 22.6. The van der Waals surface area contributed by atoms with E-state index in [2.05, 4.69) is 16.8 Å². The number of anilines is 1. The minimum absolute atomic E-state index is 0.0774. The molecular weight excluding hydrogens is 416 g/mol. The van der Waals surface area contributed by atoms with Gasteiger partial charge in [-0.3, -0.25) is 9.69 Å². The Morgan fingerprint density at radius 2 is 1.94 bits per heavy atom. The van der Waals surface area contributed by atoms with Gasteiger partial charge in [0, 0.05) is 22.9 Å². The lowest BCUT2D eigenvalue weighted by Crippen LogP contribution is -2.33. The predicted octanol–water partition coefficient (Wildman–Crippen LogP) is 3.74. The summed E-state index contributed by atoms with van der Waals surface area (Å²) < 4.78 is 16.9. The molecule has 166 valence electrons. The maximum atomic E-state index is 13.2. The van der Waals surface area contributed by atoms with Gasteiger partial charge in [-0.15, -0.1) is 0 Å². The Labute approximate surface area is 193 Å². The summed E-state index contributed by atoms with van der Waals surface area (Å²) in [7, 11) is 0. The van der Waals surface area contributed by atoms with Gasteiger partial charge >= 0.3 is 0 Å². The molecule has 6 nitrogen and oxygen atoms in total. The van der Waals surface area contributed by atoms with Crippen molar-refractivity contribution in [3.05, 3.63) is 88.6 Å². The summed E-state index contributed by atoms with van der Waals surface area (Å²) in [5.41, 5.74) is 4.27. The molecule has 0 bridgehead atoms. The van der Waals surface area contributed by atoms with E-state index < -0.39 is 0 Å². The molecule has 0 saturated carbocycles. The predicted molar refractivity (Wildman–Crippen MR) is 124 cm³/mol. The van der Waals surface area contributed by atoms with Crippen molar-refractivity contribution in [2.24, 2.45) is 0 Å². The van der Waals surface area contributed by atoms with Crippen molar-refractivity contribution in [1.82, 2.24) is 4.98 Å². The third-order valence-electron chi connectivity index (χ3n) is 5.64. The number of ether oxygens (including phenoxy) is 3. The van der Waals surface area contributed by atoms with Gasteiger partial charge in [0.05, 0.1) is 26.4 Å². The Balaban J connectivity index is 1.29. The number of carbonyl (C=O) groups is 1. The van der Waals surface area contributed by atoms with Crippen molar-refractivity contribution in [3.63, 3.8) is 0 Å². The zero-order valence-corrected chi connectivity index (χ0v) is 18.4. The molecule has 0 spiro atoms. The Morgan fingerprint density at radius 1 is 1.09 bits per heavy atom. The van der Waals surface area contributed by atoms with Crippen LogP contribution in [0.25, 0.3) is 0 Å². The van der Waals surface area contributed by atoms with Gasteiger partial charge in [0.2, 0.25) is 0 Å². The van der Waals surface area contributed by atoms with E-state index in [4.69, 9.17) is 14.2 Å². The fourth-order valence-electron chi connectivity index (χ4n) is 3.95. The number of hydrogen-bond donors (Lipinski definition) is 0. The van der Waals surface area contributed by atoms with Gasteiger partial charge in [-0.2, -0.15) is 0 Å². The smallest absolute Gasteiger partial charge is 0.260 e. The molecule has 3 heterocycles. The van der Waals surface area contributed by atoms with Crippen LogP contribution >= 0.6 is 0 Å². The molecule has 0 radical (unpaired) electrons. The fraction of sp³-hybridized carbons (Fsp3) is 0.259. The molecule has 33 heavy (non-hydrogen) atoms. The maximum absolute atomic E-state index is 13.2. The van der Waals surface area contributed by atoms with Gasteiger partial charge in [-0.1, -0.05) is 36.1 Å². The summed E-state index contributed by atoms with van der Waals surface area (Å²) in [6.45, 7) is 4.55. The minimum atomic E-state index is -0.0884. The average Bonchev–Trinajstić information content (AvgIpc) is 3.18. The van der Waals surface area contributed by atoms with Crippen molar-refractivity contribution in [3.8, 4) is 17.6 Å². The molecule has 5 rings (SSSR count). The molecule has 1 amide bonds. The van der Waals surface area contributed by atoms with Gasteiger partial charge in [0.25, 0.3) is 5.91 Å². The fourth-order valence-corrected chi connectivity index (χ4v) is 3.95. The molecule has 2 aromatic carbocycles. The van der Waals surface area contributed by atoms with Gasteiger partial charge < -0.3 is 14.2 Å². The number of pyridine rings is 1. The number of amides is 1. The van der Waals surface area contributed by atoms with Crippen LogP contribution < -0.4 is 9.64 Å². The number of hydrogen-bond acceptors (Lipinski definition) is 5. The van der Waals surface area contributed by atoms with Crippen molar-refractivity contribution in [1.29, 1.82) is 0 Å². The van der Waals surface area contributed by atoms with Crippen LogP contribution in [0.2, 0.25) is 0 Å². The lowest BCUT2D eigenvalue weighted by Gasteiger charge is -2.23. The zero-order valence-electron chi connectivity index (χ0n) is 18.4. The first-order valence-corrected chi connectivity index (χ1v) is 11.0. The second kappa shape index (κ2) is 9.45. The third kappa shape index (κ3) is 4.75. The van der Waals surface area contributed by atoms with E-state index in [0.717, 1.165) is 22.3 Å². The highest BCUT2D eigenvalue weighted by molar-refractivity contribution is 6.10. The summed E-state index contributed by atoms with van der Waals surface area (Å²) in [6.07, 6.45) is 1.63. The Bertz CT molecular complexity index is 1220. The first kappa shape index (κ1) is 21.2. The molecule has 1 atom stereocenters. The van der Waals surface area contributed by atoms with Crippen molar-refractivity contribution in [2.45, 2.75) is 19.6 Å². The molecule has 1 unspecified atom stereocenters. The number of rotatable bonds is 4. The van der Waals surface area contributed by atoms with Crippen LogP contribution in [0.5, 0.6) is 5.75 Å². The van der Waals surface area contributed by atoms with Crippen molar-refractivity contribution in [2.75, 3.05) is 31.3 Å². The molecule has 2 aliphatic rings. The molecule has 0 aliphatic carbocycles. The van der Waals surface area contributed by atoms with E-state index in [-0.39, 0.29) is 12.0 Å². The molecule has 0 N–H and O–H groups in total. The molecule has 1 saturated heterocycles. The van der Waals surface area contributed by atoms with E-state index >= 15 is 0 Å². The number of fused-ring (bicyclic) bond motifs is 1. The molecular formula is C27H24N2O4. The molecule has 2 aliphatic heterocycles. The number of carbonyl (C=O) groups excluding carboxylic acids is 1. The second-order valence-corrected chi connectivity index (χ2v) is 8.07. The number of aryl methyl sites for hydroxylation is 1. The topological polar surface area (TPSA) is 60.9 Å². The summed E-state index contributed by atoms with van der Waals surface area (Å²) in [5.74, 6) is 7.51. The number of benzene rings is 2. The first-order chi connectivity index (χ1) is 16.2. The summed E-state index contributed by atoms with van der Waals surface area (Å²) in [4.78, 5) is 19.4. The number of nitrogens with zero attached hydrogens (tertiary/aromatic N) is 2. The van der Waals surface area contributed by atoms with Gasteiger partial charge in [-0.05, 0) is 48.4 Å². The van der Waals surface area contributed by atoms with Crippen LogP contribution in [0.3, 0.4) is 0 Å². The van der Waals surface area contributed by atoms with E-state index in [1.54, 1.807) is 17.2 Å². The lowest BCUT2D eigenvalue weighted by atomic mass is 10.1. The van der Waals surface area contributed by atoms with Crippen LogP contribution in [0.15, 0.2) is 60.8 Å². The SMILES string of the molecule is Cc1cc(C#Cc2ccccc2)cnc1N1Cc2ccc(OCC3COCCO3)cc2C1=O. The summed E-state index contributed by atoms with van der Waals surface area (Å²) >= 11 is 0. The van der Waals surface area contributed by atoms with E-state index in [1.807, 2.05) is 55.5 Å². The van der Waals surface area contributed by atoms with Gasteiger partial charge in [0.15, 0.2) is 0 Å². The quantitative estimate of drug-likeness (QED) is 0.579. The van der Waals surface area contributed by atoms with Crippen LogP contribution in [-0.2, 0) is 16.0 Å². The second-order valence-electron chi connectivity index (χ2n) is 8.07. The Kier molecular flexibility index (Phi) is 6.07. The molecule has 3 aromatic rings. The normalized spacial score (nSPS) is 17.3. The summed E-state index contributed by atoms with van der Waals surface area (Å²) in [6, 6.07) is 17.4. The largest absolute Gasteiger partial charge is 0.491 e. The Hall–Kier alpha value is -3.66. The average molecular weight is 440 g/mol. The highest BCUT2D eigenvalue weighted by Gasteiger charge is 2.30. The van der Waals surface area contributed by atoms with Crippen molar-refractivity contribution < 1.29 is 19.0 Å². The van der Waals surface area contributed by atoms with E-state index in [0.29, 0.717) is 50.1 Å². The monoisotopic (exact) mass is 440 g/mol. The van der Waals surface area contributed by atoms with Gasteiger partial charge in [-0.25, -0.2) is 4.98 Å². The molecule has 1 aromatic heterocycles. The van der Waals surface area contributed by atoms with E-state index in [9.17, 15) is 4.79 Å². The standard InChI is InChI=1S/C27H24N2O4/c1-19-13-21(8-7-20-5-3-2-4-6-20)15-28-26(19)29-16-22-9-10-23(14-25(22)27(29)30)33-18-24-17-31-11-12-32-24/h2-6,9-10,13-15,24H,11-12,16-18H2,1H3. The molecule has 6 heteroatoms. The highest BCUT2D eigenvalue weighted by atomic mass is 16.6. The highest BCUT2D eigenvalue weighted by Crippen LogP contribution is 2.31. The molecule has 1 fully saturated rings. The minimum Gasteiger partial charge on any atom is -0.491 e. The number of aromatic nitrogens is 1. The first-order valence-electron chi connectivity index (χ1n) is 11.0. The van der Waals surface area contributed by atoms with E-state index in [1.165, 1.54) is 0 Å². The maximum Gasteiger partial charge on any atom is 0.260 e. The Morgan fingerprint density at radius 3 is 2.73 bits per heavy atom. The lowest BCUT2D eigenvalue weighted by molar-refractivity contribution is -0.101. The van der Waals surface area contributed by atoms with Gasteiger partial charge in [0.1, 0.15) is 24.3 Å². The third-order valence-corrected chi connectivity index (χ3v) is 5.64. The van der Waals surface area contributed by atoms with Crippen molar-refractivity contribution >= 4 is 11.7 Å².